The van der Waals surface area contributed by atoms with Crippen molar-refractivity contribution in [3.05, 3.63) is 68.0 Å². The summed E-state index contributed by atoms with van der Waals surface area (Å²) in [7, 11) is 2.50. The first-order valence-electron chi connectivity index (χ1n) is 9.23. The summed E-state index contributed by atoms with van der Waals surface area (Å²) in [6.07, 6.45) is 0.170. The number of aryl methyl sites for hydroxylation is 1. The van der Waals surface area contributed by atoms with Crippen LogP contribution in [0.15, 0.2) is 41.1 Å². The van der Waals surface area contributed by atoms with Crippen LogP contribution in [-0.2, 0) is 0 Å². The highest BCUT2D eigenvalue weighted by Crippen LogP contribution is 2.28. The lowest BCUT2D eigenvalue weighted by atomic mass is 10.1. The molecule has 0 radical (unpaired) electrons. The highest BCUT2D eigenvalue weighted by molar-refractivity contribution is 9.10. The standard InChI is InChI=1S/C20H17BrCl2N6O4/c1-10-7-11(22)8-12(19(31)27(2)28(3)20(32)33)16(10)25-18(30)14-9-15(21)26-29(14)17-13(23)5-4-6-24-17/h4-9H,1-3H3,(H,25,30)(H,32,33). The number of halogens is 3. The second-order valence-electron chi connectivity index (χ2n) is 6.81. The second kappa shape index (κ2) is 9.77. The zero-order valence-corrected chi connectivity index (χ0v) is 20.6. The minimum atomic E-state index is -1.34. The summed E-state index contributed by atoms with van der Waals surface area (Å²) in [6.45, 7) is 1.65. The number of anilines is 1. The predicted octanol–water partition coefficient (Wildman–Crippen LogP) is 4.49. The highest BCUT2D eigenvalue weighted by atomic mass is 79.9. The van der Waals surface area contributed by atoms with Gasteiger partial charge in [0.05, 0.1) is 16.3 Å². The lowest BCUT2D eigenvalue weighted by Gasteiger charge is -2.26. The lowest BCUT2D eigenvalue weighted by molar-refractivity contribution is 0.0247. The molecule has 3 amide bonds. The molecule has 0 fully saturated rings. The first kappa shape index (κ1) is 24.5. The Balaban J connectivity index is 2.03. The maximum Gasteiger partial charge on any atom is 0.426 e. The number of nitrogens with zero attached hydrogens (tertiary/aromatic N) is 5. The Labute approximate surface area is 206 Å². The smallest absolute Gasteiger partial charge is 0.426 e. The average Bonchev–Trinajstić information content (AvgIpc) is 3.15. The molecule has 0 spiro atoms. The predicted molar refractivity (Wildman–Crippen MR) is 126 cm³/mol. The number of carbonyl (C=O) groups is 3. The summed E-state index contributed by atoms with van der Waals surface area (Å²) < 4.78 is 1.63. The van der Waals surface area contributed by atoms with Gasteiger partial charge in [-0.2, -0.15) is 5.10 Å². The van der Waals surface area contributed by atoms with Crippen LogP contribution in [0, 0.1) is 6.92 Å². The number of rotatable bonds is 4. The fraction of sp³-hybridized carbons (Fsp3) is 0.150. The quantitative estimate of drug-likeness (QED) is 0.457. The zero-order valence-electron chi connectivity index (χ0n) is 17.5. The van der Waals surface area contributed by atoms with E-state index in [2.05, 4.69) is 31.3 Å². The summed E-state index contributed by atoms with van der Waals surface area (Å²) in [5.41, 5.74) is 0.749. The third kappa shape index (κ3) is 5.10. The molecule has 0 saturated carbocycles. The summed E-state index contributed by atoms with van der Waals surface area (Å²) in [4.78, 5) is 41.7. The van der Waals surface area contributed by atoms with Crippen molar-refractivity contribution in [3.63, 3.8) is 0 Å². The van der Waals surface area contributed by atoms with E-state index in [1.54, 1.807) is 25.1 Å². The van der Waals surface area contributed by atoms with E-state index in [-0.39, 0.29) is 32.8 Å². The fourth-order valence-corrected chi connectivity index (χ4v) is 3.75. The Morgan fingerprint density at radius 2 is 1.85 bits per heavy atom. The molecule has 0 atom stereocenters. The Hall–Kier alpha value is -3.15. The van der Waals surface area contributed by atoms with Gasteiger partial charge in [-0.3, -0.25) is 9.59 Å². The van der Waals surface area contributed by atoms with Gasteiger partial charge in [-0.25, -0.2) is 24.5 Å². The van der Waals surface area contributed by atoms with Gasteiger partial charge in [0.15, 0.2) is 5.82 Å². The van der Waals surface area contributed by atoms with Crippen LogP contribution in [0.3, 0.4) is 0 Å². The monoisotopic (exact) mass is 554 g/mol. The van der Waals surface area contributed by atoms with Gasteiger partial charge in [0, 0.05) is 31.4 Å². The number of hydrogen-bond acceptors (Lipinski definition) is 5. The Morgan fingerprint density at radius 3 is 2.48 bits per heavy atom. The number of pyridine rings is 1. The maximum absolute atomic E-state index is 13.2. The Morgan fingerprint density at radius 1 is 1.15 bits per heavy atom. The van der Waals surface area contributed by atoms with Gasteiger partial charge in [0.1, 0.15) is 10.3 Å². The van der Waals surface area contributed by atoms with Gasteiger partial charge >= 0.3 is 6.09 Å². The number of hydrogen-bond donors (Lipinski definition) is 2. The van der Waals surface area contributed by atoms with Crippen molar-refractivity contribution < 1.29 is 19.5 Å². The molecule has 13 heteroatoms. The van der Waals surface area contributed by atoms with E-state index in [1.165, 1.54) is 37.1 Å². The van der Waals surface area contributed by atoms with Crippen LogP contribution in [0.4, 0.5) is 10.5 Å². The summed E-state index contributed by atoms with van der Waals surface area (Å²) in [5.74, 6) is -1.06. The van der Waals surface area contributed by atoms with E-state index in [1.807, 2.05) is 0 Å². The van der Waals surface area contributed by atoms with Crippen molar-refractivity contribution in [2.24, 2.45) is 0 Å². The minimum absolute atomic E-state index is 0.00458. The molecule has 33 heavy (non-hydrogen) atoms. The maximum atomic E-state index is 13.2. The molecule has 172 valence electrons. The lowest BCUT2D eigenvalue weighted by Crippen LogP contribution is -2.44. The van der Waals surface area contributed by atoms with Crippen LogP contribution in [0.1, 0.15) is 26.4 Å². The van der Waals surface area contributed by atoms with Crippen molar-refractivity contribution in [3.8, 4) is 5.82 Å². The molecule has 3 aromatic rings. The number of nitrogens with one attached hydrogen (secondary N) is 1. The van der Waals surface area contributed by atoms with Crippen LogP contribution in [0.5, 0.6) is 0 Å². The molecular formula is C20H17BrCl2N6O4. The Kier molecular flexibility index (Phi) is 7.25. The molecule has 0 aliphatic carbocycles. The van der Waals surface area contributed by atoms with E-state index < -0.39 is 17.9 Å². The molecule has 0 saturated heterocycles. The third-order valence-electron chi connectivity index (χ3n) is 4.64. The summed E-state index contributed by atoms with van der Waals surface area (Å²) >= 11 is 15.6. The molecular weight excluding hydrogens is 539 g/mol. The topological polar surface area (TPSA) is 121 Å². The van der Waals surface area contributed by atoms with Crippen molar-refractivity contribution in [2.75, 3.05) is 19.4 Å². The third-order valence-corrected chi connectivity index (χ3v) is 5.54. The van der Waals surface area contributed by atoms with Crippen molar-refractivity contribution in [1.29, 1.82) is 0 Å². The van der Waals surface area contributed by atoms with Crippen LogP contribution < -0.4 is 5.32 Å². The molecule has 2 aromatic heterocycles. The SMILES string of the molecule is Cc1cc(Cl)cc(C(=O)N(C)N(C)C(=O)O)c1NC(=O)c1cc(Br)nn1-c1ncccc1Cl. The molecule has 0 aliphatic heterocycles. The molecule has 2 heterocycles. The molecule has 2 N–H and O–H groups in total. The number of carboxylic acid groups (broad SMARTS) is 1. The second-order valence-corrected chi connectivity index (χ2v) is 8.46. The molecule has 10 nitrogen and oxygen atoms in total. The van der Waals surface area contributed by atoms with Crippen LogP contribution >= 0.6 is 39.1 Å². The Bertz CT molecular complexity index is 1270. The molecule has 3 rings (SSSR count). The average molecular weight is 556 g/mol. The first-order valence-corrected chi connectivity index (χ1v) is 10.8. The molecule has 0 unspecified atom stereocenters. The number of hydrazine groups is 1. The van der Waals surface area contributed by atoms with Gasteiger partial charge < -0.3 is 10.4 Å². The van der Waals surface area contributed by atoms with Gasteiger partial charge in [-0.05, 0) is 52.7 Å². The largest absolute Gasteiger partial charge is 0.464 e. The fourth-order valence-electron chi connectivity index (χ4n) is 2.90. The van der Waals surface area contributed by atoms with E-state index in [0.717, 1.165) is 5.01 Å². The van der Waals surface area contributed by atoms with E-state index in [0.29, 0.717) is 15.2 Å². The van der Waals surface area contributed by atoms with Gasteiger partial charge in [0.2, 0.25) is 0 Å². The van der Waals surface area contributed by atoms with E-state index in [9.17, 15) is 19.5 Å². The van der Waals surface area contributed by atoms with Crippen molar-refractivity contribution in [2.45, 2.75) is 6.92 Å². The van der Waals surface area contributed by atoms with E-state index in [4.69, 9.17) is 23.2 Å². The number of carbonyl (C=O) groups excluding carboxylic acids is 2. The summed E-state index contributed by atoms with van der Waals surface area (Å²) in [5, 5.41) is 18.2. The van der Waals surface area contributed by atoms with Crippen LogP contribution in [0.25, 0.3) is 5.82 Å². The highest BCUT2D eigenvalue weighted by Gasteiger charge is 2.26. The minimum Gasteiger partial charge on any atom is -0.464 e. The van der Waals surface area contributed by atoms with Crippen molar-refractivity contribution in [1.82, 2.24) is 24.8 Å². The van der Waals surface area contributed by atoms with Crippen LogP contribution in [-0.4, -0.2) is 61.9 Å². The van der Waals surface area contributed by atoms with E-state index >= 15 is 0 Å². The number of aromatic nitrogens is 3. The zero-order chi connectivity index (χ0) is 24.4. The number of amides is 3. The van der Waals surface area contributed by atoms with Gasteiger partial charge in [-0.15, -0.1) is 0 Å². The normalized spacial score (nSPS) is 10.6. The molecule has 0 aliphatic rings. The van der Waals surface area contributed by atoms with Crippen LogP contribution in [0.2, 0.25) is 10.0 Å². The van der Waals surface area contributed by atoms with Gasteiger partial charge in [0.25, 0.3) is 11.8 Å². The van der Waals surface area contributed by atoms with Gasteiger partial charge in [-0.1, -0.05) is 23.2 Å². The molecule has 1 aromatic carbocycles. The summed E-state index contributed by atoms with van der Waals surface area (Å²) in [6, 6.07) is 7.64. The number of benzene rings is 1. The van der Waals surface area contributed by atoms with Crippen molar-refractivity contribution >= 4 is 62.7 Å². The molecule has 0 bridgehead atoms. The first-order chi connectivity index (χ1) is 15.5.